The second-order valence-corrected chi connectivity index (χ2v) is 5.97. The van der Waals surface area contributed by atoms with Crippen LogP contribution in [-0.4, -0.2) is 15.8 Å². The predicted octanol–water partition coefficient (Wildman–Crippen LogP) is 5.13. The number of nitrogens with zero attached hydrogens (tertiary/aromatic N) is 2. The maximum atomic E-state index is 11.5. The van der Waals surface area contributed by atoms with Gasteiger partial charge in [0.15, 0.2) is 5.78 Å². The smallest absolute Gasteiger partial charge is 0.229 e. The fraction of sp³-hybridized carbons (Fsp3) is 0.105. The van der Waals surface area contributed by atoms with Crippen molar-refractivity contribution in [2.24, 2.45) is 0 Å². The summed E-state index contributed by atoms with van der Waals surface area (Å²) in [5.41, 5.74) is 3.21. The number of halogens is 1. The first-order chi connectivity index (χ1) is 12.0. The van der Waals surface area contributed by atoms with Gasteiger partial charge in [0, 0.05) is 28.2 Å². The number of ketones is 1. The maximum Gasteiger partial charge on any atom is 0.229 e. The number of Topliss-reactive ketones (excluding diaryl/α,β-unsaturated/α-hetero) is 1. The van der Waals surface area contributed by atoms with Gasteiger partial charge in [0.2, 0.25) is 5.95 Å². The molecule has 0 aliphatic rings. The van der Waals surface area contributed by atoms with Crippen molar-refractivity contribution in [1.29, 1.82) is 0 Å². The van der Waals surface area contributed by atoms with Crippen LogP contribution in [0.4, 0.5) is 23.1 Å². The minimum Gasteiger partial charge on any atom is -0.340 e. The predicted molar refractivity (Wildman–Crippen MR) is 101 cm³/mol. The van der Waals surface area contributed by atoms with E-state index < -0.39 is 0 Å². The molecule has 0 saturated carbocycles. The van der Waals surface area contributed by atoms with Crippen molar-refractivity contribution in [2.75, 3.05) is 10.6 Å². The third kappa shape index (κ3) is 4.14. The molecule has 0 saturated heterocycles. The number of rotatable bonds is 5. The average Bonchev–Trinajstić information content (AvgIpc) is 2.59. The number of carbonyl (C=O) groups is 1. The van der Waals surface area contributed by atoms with Crippen LogP contribution in [0, 0.1) is 6.92 Å². The van der Waals surface area contributed by atoms with Gasteiger partial charge in [-0.15, -0.1) is 0 Å². The van der Waals surface area contributed by atoms with E-state index in [-0.39, 0.29) is 5.78 Å². The summed E-state index contributed by atoms with van der Waals surface area (Å²) in [4.78, 5) is 20.2. The molecule has 1 heterocycles. The number of aromatic nitrogens is 2. The molecule has 0 amide bonds. The number of anilines is 4. The molecular formula is C19H17ClN4O. The fourth-order valence-corrected chi connectivity index (χ4v) is 2.49. The van der Waals surface area contributed by atoms with E-state index in [9.17, 15) is 4.79 Å². The largest absolute Gasteiger partial charge is 0.340 e. The molecule has 2 N–H and O–H groups in total. The van der Waals surface area contributed by atoms with Gasteiger partial charge in [-0.05, 0) is 49.7 Å². The number of hydrogen-bond acceptors (Lipinski definition) is 5. The van der Waals surface area contributed by atoms with Crippen LogP contribution in [0.25, 0.3) is 0 Å². The molecule has 0 bridgehead atoms. The fourth-order valence-electron chi connectivity index (χ4n) is 2.32. The van der Waals surface area contributed by atoms with Gasteiger partial charge in [-0.1, -0.05) is 29.8 Å². The molecule has 2 aromatic carbocycles. The lowest BCUT2D eigenvalue weighted by Gasteiger charge is -2.11. The monoisotopic (exact) mass is 352 g/mol. The highest BCUT2D eigenvalue weighted by Gasteiger charge is 2.06. The van der Waals surface area contributed by atoms with Crippen LogP contribution < -0.4 is 10.6 Å². The Morgan fingerprint density at radius 2 is 1.88 bits per heavy atom. The van der Waals surface area contributed by atoms with Gasteiger partial charge in [0.25, 0.3) is 0 Å². The normalized spacial score (nSPS) is 10.4. The summed E-state index contributed by atoms with van der Waals surface area (Å²) >= 11 is 6.14. The average molecular weight is 353 g/mol. The van der Waals surface area contributed by atoms with Crippen LogP contribution in [0.2, 0.25) is 5.02 Å². The first-order valence-electron chi connectivity index (χ1n) is 7.76. The lowest BCUT2D eigenvalue weighted by atomic mass is 10.1. The zero-order chi connectivity index (χ0) is 17.8. The van der Waals surface area contributed by atoms with Gasteiger partial charge < -0.3 is 10.6 Å². The summed E-state index contributed by atoms with van der Waals surface area (Å²) < 4.78 is 0. The molecule has 0 fully saturated rings. The molecule has 3 aromatic rings. The van der Waals surface area contributed by atoms with Crippen LogP contribution in [0.3, 0.4) is 0 Å². The quantitative estimate of drug-likeness (QED) is 0.623. The number of nitrogens with one attached hydrogen (secondary N) is 2. The Morgan fingerprint density at radius 1 is 1.08 bits per heavy atom. The molecule has 6 heteroatoms. The first kappa shape index (κ1) is 16.9. The van der Waals surface area contributed by atoms with Crippen LogP contribution in [0.15, 0.2) is 54.7 Å². The van der Waals surface area contributed by atoms with E-state index in [0.29, 0.717) is 22.4 Å². The highest BCUT2D eigenvalue weighted by atomic mass is 35.5. The summed E-state index contributed by atoms with van der Waals surface area (Å²) in [6, 6.07) is 14.7. The van der Waals surface area contributed by atoms with Crippen molar-refractivity contribution in [2.45, 2.75) is 13.8 Å². The summed E-state index contributed by atoms with van der Waals surface area (Å²) in [5.74, 6) is 1.10. The minimum absolute atomic E-state index is 0.0186. The zero-order valence-electron chi connectivity index (χ0n) is 13.9. The van der Waals surface area contributed by atoms with Gasteiger partial charge in [0.05, 0.1) is 0 Å². The molecule has 0 radical (unpaired) electrons. The van der Waals surface area contributed by atoms with Crippen molar-refractivity contribution in [3.05, 3.63) is 70.9 Å². The Bertz CT molecular complexity index is 927. The topological polar surface area (TPSA) is 66.9 Å². The van der Waals surface area contributed by atoms with Crippen LogP contribution in [0.1, 0.15) is 22.8 Å². The summed E-state index contributed by atoms with van der Waals surface area (Å²) in [7, 11) is 0. The van der Waals surface area contributed by atoms with Crippen LogP contribution in [-0.2, 0) is 0 Å². The second-order valence-electron chi connectivity index (χ2n) is 5.56. The van der Waals surface area contributed by atoms with Crippen LogP contribution >= 0.6 is 11.6 Å². The minimum atomic E-state index is 0.0186. The Balaban J connectivity index is 1.81. The van der Waals surface area contributed by atoms with Gasteiger partial charge >= 0.3 is 0 Å². The molecule has 126 valence electrons. The standard InChI is InChI=1S/C19H17ClN4O/c1-12-16(20)7-4-8-17(12)23-19-21-10-9-18(24-19)22-15-6-3-5-14(11-15)13(2)25/h3-11H,1-2H3,(H2,21,22,23,24). The van der Waals surface area contributed by atoms with Crippen molar-refractivity contribution < 1.29 is 4.79 Å². The molecule has 0 atom stereocenters. The highest BCUT2D eigenvalue weighted by molar-refractivity contribution is 6.31. The lowest BCUT2D eigenvalue weighted by molar-refractivity contribution is 0.101. The number of hydrogen-bond donors (Lipinski definition) is 2. The third-order valence-corrected chi connectivity index (χ3v) is 4.12. The van der Waals surface area contributed by atoms with Crippen molar-refractivity contribution in [3.63, 3.8) is 0 Å². The Hall–Kier alpha value is -2.92. The van der Waals surface area contributed by atoms with Gasteiger partial charge in [-0.2, -0.15) is 4.98 Å². The van der Waals surface area contributed by atoms with Crippen molar-refractivity contribution in [1.82, 2.24) is 9.97 Å². The highest BCUT2D eigenvalue weighted by Crippen LogP contribution is 2.25. The first-order valence-corrected chi connectivity index (χ1v) is 8.14. The maximum absolute atomic E-state index is 11.5. The van der Waals surface area contributed by atoms with Crippen molar-refractivity contribution >= 4 is 40.5 Å². The molecule has 25 heavy (non-hydrogen) atoms. The van der Waals surface area contributed by atoms with E-state index >= 15 is 0 Å². The van der Waals surface area contributed by atoms with Gasteiger partial charge in [0.1, 0.15) is 5.82 Å². The Kier molecular flexibility index (Phi) is 4.95. The zero-order valence-corrected chi connectivity index (χ0v) is 14.6. The lowest BCUT2D eigenvalue weighted by Crippen LogP contribution is -2.02. The summed E-state index contributed by atoms with van der Waals surface area (Å²) in [5, 5.41) is 7.03. The van der Waals surface area contributed by atoms with E-state index in [4.69, 9.17) is 11.6 Å². The van der Waals surface area contributed by atoms with E-state index in [1.54, 1.807) is 31.3 Å². The molecule has 0 spiro atoms. The SMILES string of the molecule is CC(=O)c1cccc(Nc2ccnc(Nc3cccc(Cl)c3C)n2)c1. The van der Waals surface area contributed by atoms with E-state index in [2.05, 4.69) is 20.6 Å². The van der Waals surface area contributed by atoms with E-state index in [1.807, 2.05) is 37.3 Å². The van der Waals surface area contributed by atoms with E-state index in [1.165, 1.54) is 0 Å². The summed E-state index contributed by atoms with van der Waals surface area (Å²) in [6.45, 7) is 3.47. The van der Waals surface area contributed by atoms with Crippen molar-refractivity contribution in [3.8, 4) is 0 Å². The molecular weight excluding hydrogens is 336 g/mol. The van der Waals surface area contributed by atoms with Gasteiger partial charge in [-0.3, -0.25) is 4.79 Å². The molecule has 0 unspecified atom stereocenters. The Labute approximate surface area is 151 Å². The molecule has 5 nitrogen and oxygen atoms in total. The molecule has 0 aliphatic carbocycles. The molecule has 1 aromatic heterocycles. The van der Waals surface area contributed by atoms with E-state index in [0.717, 1.165) is 16.9 Å². The van der Waals surface area contributed by atoms with Gasteiger partial charge in [-0.25, -0.2) is 4.98 Å². The van der Waals surface area contributed by atoms with Crippen LogP contribution in [0.5, 0.6) is 0 Å². The third-order valence-electron chi connectivity index (χ3n) is 3.71. The molecule has 3 rings (SSSR count). The molecule has 0 aliphatic heterocycles. The number of benzene rings is 2. The second kappa shape index (κ2) is 7.32. The summed E-state index contributed by atoms with van der Waals surface area (Å²) in [6.07, 6.45) is 1.66. The number of carbonyl (C=O) groups excluding carboxylic acids is 1. The Morgan fingerprint density at radius 3 is 2.68 bits per heavy atom.